The predicted molar refractivity (Wildman–Crippen MR) is 66.4 cm³/mol. The van der Waals surface area contributed by atoms with Crippen molar-refractivity contribution in [2.45, 2.75) is 32.2 Å². The lowest BCUT2D eigenvalue weighted by Crippen LogP contribution is -2.22. The van der Waals surface area contributed by atoms with E-state index < -0.39 is 0 Å². The van der Waals surface area contributed by atoms with Crippen LogP contribution in [0.4, 0.5) is 0 Å². The third kappa shape index (κ3) is 3.03. The molecule has 0 bridgehead atoms. The molecule has 0 aromatic heterocycles. The van der Waals surface area contributed by atoms with Gasteiger partial charge in [0.2, 0.25) is 6.79 Å². The smallest absolute Gasteiger partial charge is 0.231 e. The van der Waals surface area contributed by atoms with Crippen LogP contribution in [0.2, 0.25) is 0 Å². The van der Waals surface area contributed by atoms with E-state index >= 15 is 0 Å². The van der Waals surface area contributed by atoms with E-state index in [0.717, 1.165) is 30.8 Å². The Kier molecular flexibility index (Phi) is 4.90. The number of nitrogens with two attached hydrogens (primary N) is 1. The topological polar surface area (TPSA) is 44.5 Å². The first-order valence-electron chi connectivity index (χ1n) is 5.43. The van der Waals surface area contributed by atoms with Gasteiger partial charge in [-0.2, -0.15) is 0 Å². The maximum absolute atomic E-state index is 5.99. The third-order valence-corrected chi connectivity index (χ3v) is 2.59. The fourth-order valence-corrected chi connectivity index (χ4v) is 1.84. The highest BCUT2D eigenvalue weighted by Crippen LogP contribution is 2.32. The molecule has 1 aliphatic rings. The summed E-state index contributed by atoms with van der Waals surface area (Å²) in [6.07, 6.45) is 3.10. The summed E-state index contributed by atoms with van der Waals surface area (Å²) in [6, 6.07) is 6.28. The molecule has 0 fully saturated rings. The van der Waals surface area contributed by atoms with Gasteiger partial charge in [0, 0.05) is 6.04 Å². The monoisotopic (exact) mass is 243 g/mol. The lowest BCUT2D eigenvalue weighted by molar-refractivity contribution is 0.174. The van der Waals surface area contributed by atoms with Crippen LogP contribution in [0.25, 0.3) is 0 Å². The molecule has 0 spiro atoms. The standard InChI is InChI=1S/C12H17NO2.ClH/c1-2-3-10(13)6-9-4-5-11-12(7-9)15-8-14-11;/h4-5,7,10H,2-3,6,8,13H2,1H3;1H. The van der Waals surface area contributed by atoms with Gasteiger partial charge in [-0.25, -0.2) is 0 Å². The van der Waals surface area contributed by atoms with E-state index in [1.54, 1.807) is 0 Å². The second kappa shape index (κ2) is 5.97. The van der Waals surface area contributed by atoms with Gasteiger partial charge in [0.1, 0.15) is 0 Å². The van der Waals surface area contributed by atoms with Crippen LogP contribution >= 0.6 is 12.4 Å². The van der Waals surface area contributed by atoms with Gasteiger partial charge >= 0.3 is 0 Å². The molecule has 1 heterocycles. The van der Waals surface area contributed by atoms with Crippen molar-refractivity contribution in [1.82, 2.24) is 0 Å². The Hall–Kier alpha value is -0.930. The number of halogens is 1. The van der Waals surface area contributed by atoms with Gasteiger partial charge in [-0.15, -0.1) is 12.4 Å². The van der Waals surface area contributed by atoms with Crippen molar-refractivity contribution in [3.63, 3.8) is 0 Å². The molecule has 0 radical (unpaired) electrons. The van der Waals surface area contributed by atoms with Crippen molar-refractivity contribution >= 4 is 12.4 Å². The van der Waals surface area contributed by atoms with Crippen LogP contribution in [-0.2, 0) is 6.42 Å². The van der Waals surface area contributed by atoms with Gasteiger partial charge in [-0.3, -0.25) is 0 Å². The molecule has 16 heavy (non-hydrogen) atoms. The summed E-state index contributed by atoms with van der Waals surface area (Å²) >= 11 is 0. The van der Waals surface area contributed by atoms with Gasteiger partial charge in [0.15, 0.2) is 11.5 Å². The lowest BCUT2D eigenvalue weighted by atomic mass is 10.0. The van der Waals surface area contributed by atoms with E-state index in [9.17, 15) is 0 Å². The molecule has 1 aromatic rings. The molecule has 0 amide bonds. The minimum absolute atomic E-state index is 0. The molecule has 90 valence electrons. The molecule has 2 rings (SSSR count). The summed E-state index contributed by atoms with van der Waals surface area (Å²) in [5, 5.41) is 0. The Bertz CT molecular complexity index is 344. The Morgan fingerprint density at radius 2 is 2.06 bits per heavy atom. The first kappa shape index (κ1) is 13.1. The zero-order valence-corrected chi connectivity index (χ0v) is 10.3. The Labute approximate surface area is 102 Å². The number of hydrogen-bond donors (Lipinski definition) is 1. The van der Waals surface area contributed by atoms with Crippen LogP contribution in [0.5, 0.6) is 11.5 Å². The Balaban J connectivity index is 0.00000128. The van der Waals surface area contributed by atoms with Crippen molar-refractivity contribution in [2.75, 3.05) is 6.79 Å². The summed E-state index contributed by atoms with van der Waals surface area (Å²) < 4.78 is 10.6. The molecule has 4 heteroatoms. The van der Waals surface area contributed by atoms with E-state index in [0.29, 0.717) is 6.79 Å². The van der Waals surface area contributed by atoms with Crippen molar-refractivity contribution in [1.29, 1.82) is 0 Å². The van der Waals surface area contributed by atoms with Crippen LogP contribution in [-0.4, -0.2) is 12.8 Å². The van der Waals surface area contributed by atoms with E-state index in [2.05, 4.69) is 13.0 Å². The lowest BCUT2D eigenvalue weighted by Gasteiger charge is -2.10. The summed E-state index contributed by atoms with van der Waals surface area (Å²) in [7, 11) is 0. The van der Waals surface area contributed by atoms with Crippen LogP contribution in [0.1, 0.15) is 25.3 Å². The summed E-state index contributed by atoms with van der Waals surface area (Å²) in [5.74, 6) is 1.68. The van der Waals surface area contributed by atoms with Crippen LogP contribution in [0.15, 0.2) is 18.2 Å². The quantitative estimate of drug-likeness (QED) is 0.884. The number of ether oxygens (including phenoxy) is 2. The largest absolute Gasteiger partial charge is 0.454 e. The first-order chi connectivity index (χ1) is 7.29. The Morgan fingerprint density at radius 1 is 1.31 bits per heavy atom. The van der Waals surface area contributed by atoms with Gasteiger partial charge in [-0.1, -0.05) is 19.4 Å². The minimum atomic E-state index is 0. The highest BCUT2D eigenvalue weighted by Gasteiger charge is 2.13. The van der Waals surface area contributed by atoms with E-state index in [1.807, 2.05) is 12.1 Å². The molecular weight excluding hydrogens is 226 g/mol. The van der Waals surface area contributed by atoms with Crippen LogP contribution < -0.4 is 15.2 Å². The zero-order valence-electron chi connectivity index (χ0n) is 9.44. The second-order valence-corrected chi connectivity index (χ2v) is 3.94. The van der Waals surface area contributed by atoms with Crippen molar-refractivity contribution in [2.24, 2.45) is 5.73 Å². The number of benzene rings is 1. The predicted octanol–water partition coefficient (Wildman–Crippen LogP) is 2.51. The zero-order chi connectivity index (χ0) is 10.7. The molecule has 3 nitrogen and oxygen atoms in total. The van der Waals surface area contributed by atoms with E-state index in [-0.39, 0.29) is 18.4 Å². The van der Waals surface area contributed by atoms with Gasteiger partial charge in [-0.05, 0) is 30.5 Å². The summed E-state index contributed by atoms with van der Waals surface area (Å²) in [5.41, 5.74) is 7.21. The number of hydrogen-bond acceptors (Lipinski definition) is 3. The van der Waals surface area contributed by atoms with Crippen LogP contribution in [0, 0.1) is 0 Å². The SMILES string of the molecule is CCCC(N)Cc1ccc2c(c1)OCO2.Cl. The maximum atomic E-state index is 5.99. The fourth-order valence-electron chi connectivity index (χ4n) is 1.84. The maximum Gasteiger partial charge on any atom is 0.231 e. The van der Waals surface area contributed by atoms with Gasteiger partial charge < -0.3 is 15.2 Å². The summed E-state index contributed by atoms with van der Waals surface area (Å²) in [6.45, 7) is 2.49. The third-order valence-electron chi connectivity index (χ3n) is 2.59. The average molecular weight is 244 g/mol. The molecule has 1 aromatic carbocycles. The van der Waals surface area contributed by atoms with Crippen molar-refractivity contribution < 1.29 is 9.47 Å². The molecule has 1 unspecified atom stereocenters. The van der Waals surface area contributed by atoms with E-state index in [4.69, 9.17) is 15.2 Å². The van der Waals surface area contributed by atoms with E-state index in [1.165, 1.54) is 5.56 Å². The molecule has 0 aliphatic carbocycles. The van der Waals surface area contributed by atoms with Crippen LogP contribution in [0.3, 0.4) is 0 Å². The molecular formula is C12H18ClNO2. The second-order valence-electron chi connectivity index (χ2n) is 3.94. The van der Waals surface area contributed by atoms with Gasteiger partial charge in [0.05, 0.1) is 0 Å². The molecule has 1 atom stereocenters. The average Bonchev–Trinajstić information content (AvgIpc) is 2.65. The Morgan fingerprint density at radius 3 is 2.81 bits per heavy atom. The normalized spacial score (nSPS) is 14.4. The highest BCUT2D eigenvalue weighted by molar-refractivity contribution is 5.85. The molecule has 0 saturated heterocycles. The summed E-state index contributed by atoms with van der Waals surface area (Å²) in [4.78, 5) is 0. The number of fused-ring (bicyclic) bond motifs is 1. The molecule has 1 aliphatic heterocycles. The molecule has 2 N–H and O–H groups in total. The minimum Gasteiger partial charge on any atom is -0.454 e. The van der Waals surface area contributed by atoms with Crippen molar-refractivity contribution in [3.8, 4) is 11.5 Å². The van der Waals surface area contributed by atoms with Gasteiger partial charge in [0.25, 0.3) is 0 Å². The first-order valence-corrected chi connectivity index (χ1v) is 5.43. The number of rotatable bonds is 4. The highest BCUT2D eigenvalue weighted by atomic mass is 35.5. The van der Waals surface area contributed by atoms with Crippen molar-refractivity contribution in [3.05, 3.63) is 23.8 Å². The molecule has 0 saturated carbocycles. The fraction of sp³-hybridized carbons (Fsp3) is 0.500.